The number of hydrogen-bond acceptors (Lipinski definition) is 18. The van der Waals surface area contributed by atoms with Crippen molar-refractivity contribution in [3.63, 3.8) is 0 Å². The number of anilines is 1. The molecule has 0 radical (unpaired) electrons. The van der Waals surface area contributed by atoms with Gasteiger partial charge in [-0.2, -0.15) is 9.97 Å². The smallest absolute Gasteiger partial charge is 0.259 e. The third-order valence-electron chi connectivity index (χ3n) is 13.3. The lowest BCUT2D eigenvalue weighted by Crippen LogP contribution is -2.25. The number of nitrogens with zero attached hydrogens (tertiary/aromatic N) is 13. The molecule has 4 aliphatic heterocycles. The van der Waals surface area contributed by atoms with E-state index in [9.17, 15) is 9.59 Å². The number of fused-ring (bicyclic) bond motifs is 6. The molecule has 8 aromatic rings. The zero-order valence-corrected chi connectivity index (χ0v) is 39.4. The van der Waals surface area contributed by atoms with E-state index in [4.69, 9.17) is 9.05 Å². The standard InChI is InChI=1S/C22H19N7O2S.C15H16N6O2.C7H4BrNS.ClH/c1-11-5-23-20-18(11)22(30)29(9-24-20)8-17-26-21(27-31-17)19-13-6-28(7-14(13)19)12-2-3-15-16(4-12)32-10-25-15;1-7-2-17-13-11(7)15(22)21(6-18-13)5-10-19-14(20-23-10)12-8-3-16-4-9(8)12;8-5-1-2-6-7(3-5)10-4-9-6;/h2-5,9-11,13-14,19H,6-8H2,1H3;2,6-9,12,16H,3-5H2,1H3;1-4H;1H/t11?,13-,14+,19?;7?,8-,9+,12?;;. The lowest BCUT2D eigenvalue weighted by Gasteiger charge is -2.21. The summed E-state index contributed by atoms with van der Waals surface area (Å²) in [6.45, 7) is 8.41. The van der Waals surface area contributed by atoms with Crippen molar-refractivity contribution in [3.05, 3.63) is 120 Å². The molecule has 14 rings (SSSR count). The van der Waals surface area contributed by atoms with E-state index in [-0.39, 0.29) is 48.5 Å². The van der Waals surface area contributed by atoms with Gasteiger partial charge in [-0.05, 0) is 73.2 Å². The van der Waals surface area contributed by atoms with Crippen LogP contribution in [0.4, 0.5) is 17.3 Å². The summed E-state index contributed by atoms with van der Waals surface area (Å²) in [5.41, 5.74) is 8.20. The summed E-state index contributed by atoms with van der Waals surface area (Å²) in [4.78, 5) is 62.2. The SMILES string of the molecule is Brc1ccc2ncsc2c1.CC1C=Nc2ncn(Cc3nc(C4[C@H]5CN(c6ccc7ncsc7c6)C[C@@H]45)no3)c(=O)c21.CC1C=Nc2ncn(Cc3nc(C4[C@H]5CNC[C@@H]45)no3)c(=O)c21.Cl. The van der Waals surface area contributed by atoms with Gasteiger partial charge in [0.25, 0.3) is 11.1 Å². The predicted molar refractivity (Wildman–Crippen MR) is 256 cm³/mol. The number of thiazole rings is 2. The molecule has 2 saturated carbocycles. The van der Waals surface area contributed by atoms with Crippen molar-refractivity contribution in [2.75, 3.05) is 31.1 Å². The average molecular weight is 1010 g/mol. The van der Waals surface area contributed by atoms with E-state index in [1.54, 1.807) is 35.1 Å². The van der Waals surface area contributed by atoms with Crippen molar-refractivity contribution in [2.45, 2.75) is 50.6 Å². The predicted octanol–water partition coefficient (Wildman–Crippen LogP) is 6.86. The zero-order chi connectivity index (χ0) is 43.9. The fourth-order valence-corrected chi connectivity index (χ4v) is 11.7. The first-order chi connectivity index (χ1) is 31.7. The first kappa shape index (κ1) is 42.7. The molecule has 0 amide bonds. The number of aliphatic imine (C=N–C) groups is 2. The lowest BCUT2D eigenvalue weighted by atomic mass is 10.1. The van der Waals surface area contributed by atoms with Gasteiger partial charge in [0.1, 0.15) is 25.7 Å². The molecule has 4 unspecified atom stereocenters. The molecule has 22 heteroatoms. The molecule has 336 valence electrons. The van der Waals surface area contributed by atoms with Crippen molar-refractivity contribution in [1.29, 1.82) is 0 Å². The van der Waals surface area contributed by atoms with Gasteiger partial charge in [-0.15, -0.1) is 35.1 Å². The number of halogens is 2. The van der Waals surface area contributed by atoms with Crippen molar-refractivity contribution in [1.82, 2.24) is 54.7 Å². The Balaban J connectivity index is 0.000000123. The van der Waals surface area contributed by atoms with E-state index in [0.717, 1.165) is 53.3 Å². The van der Waals surface area contributed by atoms with Gasteiger partial charge in [-0.1, -0.05) is 40.1 Å². The summed E-state index contributed by atoms with van der Waals surface area (Å²) < 4.78 is 17.4. The van der Waals surface area contributed by atoms with Crippen LogP contribution in [0.3, 0.4) is 0 Å². The highest BCUT2D eigenvalue weighted by Gasteiger charge is 2.59. The quantitative estimate of drug-likeness (QED) is 0.173. The summed E-state index contributed by atoms with van der Waals surface area (Å²) >= 11 is 6.73. The Morgan fingerprint density at radius 3 is 1.77 bits per heavy atom. The molecule has 0 bridgehead atoms. The molecule has 66 heavy (non-hydrogen) atoms. The molecule has 2 saturated heterocycles. The molecule has 6 aromatic heterocycles. The number of nitrogens with one attached hydrogen (secondary N) is 1. The maximum atomic E-state index is 12.8. The second-order valence-electron chi connectivity index (χ2n) is 17.3. The van der Waals surface area contributed by atoms with Crippen LogP contribution >= 0.6 is 51.0 Å². The molecule has 10 heterocycles. The van der Waals surface area contributed by atoms with Crippen molar-refractivity contribution >= 4 is 101 Å². The Labute approximate surface area is 397 Å². The van der Waals surface area contributed by atoms with E-state index in [2.05, 4.69) is 101 Å². The van der Waals surface area contributed by atoms with Crippen LogP contribution in [-0.2, 0) is 13.1 Å². The summed E-state index contributed by atoms with van der Waals surface area (Å²) in [7, 11) is 0. The summed E-state index contributed by atoms with van der Waals surface area (Å²) in [5.74, 6) is 6.53. The molecule has 6 aliphatic rings. The first-order valence-corrected chi connectivity index (χ1v) is 24.0. The highest BCUT2D eigenvalue weighted by Crippen LogP contribution is 2.58. The molecular weight excluding hydrogens is 968 g/mol. The first-order valence-electron chi connectivity index (χ1n) is 21.4. The number of benzene rings is 2. The van der Waals surface area contributed by atoms with Crippen LogP contribution in [0.5, 0.6) is 0 Å². The minimum absolute atomic E-state index is 0. The van der Waals surface area contributed by atoms with Crippen molar-refractivity contribution in [2.24, 2.45) is 33.7 Å². The monoisotopic (exact) mass is 1010 g/mol. The second-order valence-corrected chi connectivity index (χ2v) is 20.0. The van der Waals surface area contributed by atoms with E-state index >= 15 is 0 Å². The van der Waals surface area contributed by atoms with Crippen LogP contribution < -0.4 is 21.3 Å². The molecule has 2 aliphatic carbocycles. The van der Waals surface area contributed by atoms with Gasteiger partial charge >= 0.3 is 0 Å². The van der Waals surface area contributed by atoms with E-state index in [0.29, 0.717) is 70.1 Å². The minimum Gasteiger partial charge on any atom is -0.371 e. The van der Waals surface area contributed by atoms with Gasteiger partial charge < -0.3 is 19.3 Å². The highest BCUT2D eigenvalue weighted by atomic mass is 79.9. The van der Waals surface area contributed by atoms with Gasteiger partial charge in [-0.25, -0.2) is 29.9 Å². The number of rotatable bonds is 7. The lowest BCUT2D eigenvalue weighted by molar-refractivity contribution is 0.363. The van der Waals surface area contributed by atoms with E-state index in [1.165, 1.54) is 36.9 Å². The van der Waals surface area contributed by atoms with Gasteiger partial charge in [0.05, 0.1) is 42.6 Å². The van der Waals surface area contributed by atoms with Gasteiger partial charge in [0.2, 0.25) is 11.8 Å². The molecular formula is C44H40BrClN14O4S2. The molecule has 2 aromatic carbocycles. The Morgan fingerprint density at radius 2 is 1.21 bits per heavy atom. The number of hydrogen-bond donors (Lipinski definition) is 1. The van der Waals surface area contributed by atoms with Crippen molar-refractivity contribution < 1.29 is 9.05 Å². The minimum atomic E-state index is -0.100. The third-order valence-corrected chi connectivity index (χ3v) is 15.4. The largest absolute Gasteiger partial charge is 0.371 e. The Morgan fingerprint density at radius 1 is 0.697 bits per heavy atom. The average Bonchev–Trinajstić information content (AvgIpc) is 4.06. The van der Waals surface area contributed by atoms with E-state index < -0.39 is 0 Å². The third kappa shape index (κ3) is 7.78. The van der Waals surface area contributed by atoms with Crippen LogP contribution in [0.15, 0.2) is 93.2 Å². The summed E-state index contributed by atoms with van der Waals surface area (Å²) in [6, 6.07) is 12.6. The van der Waals surface area contributed by atoms with Crippen molar-refractivity contribution in [3.8, 4) is 0 Å². The van der Waals surface area contributed by atoms with Crippen LogP contribution in [0.2, 0.25) is 0 Å². The van der Waals surface area contributed by atoms with Crippen LogP contribution in [0.25, 0.3) is 20.4 Å². The van der Waals surface area contributed by atoms with Crippen LogP contribution in [-0.4, -0.2) is 88.0 Å². The molecule has 1 N–H and O–H groups in total. The van der Waals surface area contributed by atoms with Crippen LogP contribution in [0.1, 0.15) is 72.1 Å². The Hall–Kier alpha value is -5.87. The van der Waals surface area contributed by atoms with E-state index in [1.807, 2.05) is 37.0 Å². The van der Waals surface area contributed by atoms with Gasteiger partial charge in [0, 0.05) is 59.4 Å². The Bertz CT molecular complexity index is 3300. The summed E-state index contributed by atoms with van der Waals surface area (Å²) in [5, 5.41) is 11.7. The Kier molecular flexibility index (Phi) is 11.1. The second kappa shape index (κ2) is 17.1. The normalized spacial score (nSPS) is 24.6. The molecule has 8 atom stereocenters. The number of aromatic nitrogens is 10. The van der Waals surface area contributed by atoms with Crippen LogP contribution in [0, 0.1) is 23.7 Å². The maximum Gasteiger partial charge on any atom is 0.259 e. The topological polar surface area (TPSA) is 213 Å². The fraction of sp³-hybridized carbons (Fsp3) is 0.364. The highest BCUT2D eigenvalue weighted by molar-refractivity contribution is 9.10. The van der Waals surface area contributed by atoms with Gasteiger partial charge in [-0.3, -0.25) is 18.7 Å². The summed E-state index contributed by atoms with van der Waals surface area (Å²) in [6.07, 6.45) is 6.49. The molecule has 0 spiro atoms. The maximum absolute atomic E-state index is 12.8. The molecule has 4 fully saturated rings. The molecule has 18 nitrogen and oxygen atoms in total. The van der Waals surface area contributed by atoms with Gasteiger partial charge in [0.15, 0.2) is 23.3 Å². The fourth-order valence-electron chi connectivity index (χ4n) is 9.75. The zero-order valence-electron chi connectivity index (χ0n) is 35.3. The number of piperidine rings is 2.